The van der Waals surface area contributed by atoms with E-state index in [4.69, 9.17) is 9.97 Å². The van der Waals surface area contributed by atoms with Gasteiger partial charge in [-0.2, -0.15) is 0 Å². The van der Waals surface area contributed by atoms with Gasteiger partial charge in [0.05, 0.1) is 9.75 Å². The topological polar surface area (TPSA) is 25.8 Å². The molecule has 0 atom stereocenters. The molecule has 0 bridgehead atoms. The molecule has 0 aromatic carbocycles. The van der Waals surface area contributed by atoms with Crippen LogP contribution in [0.2, 0.25) is 0 Å². The van der Waals surface area contributed by atoms with Gasteiger partial charge in [0.25, 0.3) is 0 Å². The van der Waals surface area contributed by atoms with Crippen LogP contribution in [0.15, 0.2) is 83.6 Å². The zero-order valence-electron chi connectivity index (χ0n) is 19.2. The molecule has 8 aromatic heterocycles. The molecule has 8 heterocycles. The Morgan fingerprint density at radius 3 is 1.05 bits per heavy atom. The molecular formula is C28H14N2S8. The lowest BCUT2D eigenvalue weighted by molar-refractivity contribution is 1.51. The smallest absolute Gasteiger partial charge is 0.155 e. The van der Waals surface area contributed by atoms with Gasteiger partial charge in [0.15, 0.2) is 9.66 Å². The third-order valence-electron chi connectivity index (χ3n) is 5.84. The van der Waals surface area contributed by atoms with Crippen molar-refractivity contribution < 1.29 is 0 Å². The average Bonchev–Trinajstić information content (AvgIpc) is 3.79. The number of aromatic nitrogens is 2. The van der Waals surface area contributed by atoms with E-state index in [0.717, 1.165) is 19.7 Å². The van der Waals surface area contributed by atoms with Gasteiger partial charge < -0.3 is 0 Å². The molecule has 0 unspecified atom stereocenters. The summed E-state index contributed by atoms with van der Waals surface area (Å²) in [5.41, 5.74) is 0. The van der Waals surface area contributed by atoms with Gasteiger partial charge in [-0.1, -0.05) is 34.8 Å². The van der Waals surface area contributed by atoms with E-state index in [1.54, 1.807) is 45.3 Å². The molecule has 0 spiro atoms. The van der Waals surface area contributed by atoms with E-state index < -0.39 is 0 Å². The molecular weight excluding hydrogens is 621 g/mol. The maximum atomic E-state index is 4.98. The van der Waals surface area contributed by atoms with Gasteiger partial charge in [0.1, 0.15) is 10.0 Å². The van der Waals surface area contributed by atoms with E-state index in [-0.39, 0.29) is 0 Å². The predicted molar refractivity (Wildman–Crippen MR) is 175 cm³/mol. The summed E-state index contributed by atoms with van der Waals surface area (Å²) >= 11 is 14.3. The SMILES string of the molecule is c1csc(-c2ccc(-c3ccc(-c4nc5sc(-c6ccc(-c7ccc(-c8cccs8)s7)s6)nc5s4)s3)s2)c1. The molecule has 184 valence electrons. The Labute approximate surface area is 250 Å². The molecule has 0 aliphatic rings. The number of hydrogen-bond donors (Lipinski definition) is 0. The molecule has 10 heteroatoms. The van der Waals surface area contributed by atoms with Gasteiger partial charge in [0, 0.05) is 39.0 Å². The molecule has 0 N–H and O–H groups in total. The average molecular weight is 635 g/mol. The van der Waals surface area contributed by atoms with E-state index in [0.29, 0.717) is 0 Å². The second-order valence-electron chi connectivity index (χ2n) is 8.26. The summed E-state index contributed by atoms with van der Waals surface area (Å²) in [6.45, 7) is 0. The lowest BCUT2D eigenvalue weighted by Crippen LogP contribution is -1.67. The van der Waals surface area contributed by atoms with Crippen molar-refractivity contribution in [1.29, 1.82) is 0 Å². The minimum Gasteiger partial charge on any atom is -0.222 e. The Bertz CT molecular complexity index is 1810. The first kappa shape index (κ1) is 23.6. The first-order chi connectivity index (χ1) is 18.8. The molecule has 2 nitrogen and oxygen atoms in total. The zero-order valence-corrected chi connectivity index (χ0v) is 25.8. The van der Waals surface area contributed by atoms with Crippen LogP contribution in [0.1, 0.15) is 0 Å². The number of hydrogen-bond acceptors (Lipinski definition) is 10. The molecule has 8 rings (SSSR count). The van der Waals surface area contributed by atoms with Gasteiger partial charge in [0.2, 0.25) is 0 Å². The summed E-state index contributed by atoms with van der Waals surface area (Å²) < 4.78 is 0. The normalized spacial score (nSPS) is 11.7. The van der Waals surface area contributed by atoms with Crippen LogP contribution in [-0.2, 0) is 0 Å². The predicted octanol–water partition coefficient (Wildman–Crippen LogP) is 12.1. The Balaban J connectivity index is 1.03. The van der Waals surface area contributed by atoms with E-state index in [1.165, 1.54) is 48.8 Å². The summed E-state index contributed by atoms with van der Waals surface area (Å²) in [5, 5.41) is 6.38. The van der Waals surface area contributed by atoms with Gasteiger partial charge in [-0.25, -0.2) is 9.97 Å². The van der Waals surface area contributed by atoms with E-state index >= 15 is 0 Å². The molecule has 38 heavy (non-hydrogen) atoms. The van der Waals surface area contributed by atoms with Crippen molar-refractivity contribution in [2.45, 2.75) is 0 Å². The number of thiazole rings is 2. The standard InChI is InChI=1S/C28H14N2S8/c1-3-15(31-13-1)17-5-7-19(33-17)21-9-11-23(35-21)25-29-27-28(37-25)30-26(38-27)24-12-10-22(36-24)20-8-6-18(34-20)16-4-2-14-32-16/h1-14H. The Hall–Kier alpha value is -2.28. The van der Waals surface area contributed by atoms with Crippen molar-refractivity contribution in [3.63, 3.8) is 0 Å². The minimum absolute atomic E-state index is 1.03. The monoisotopic (exact) mass is 634 g/mol. The van der Waals surface area contributed by atoms with Crippen molar-refractivity contribution in [1.82, 2.24) is 9.97 Å². The second-order valence-corrected chi connectivity index (χ2v) is 16.4. The summed E-state index contributed by atoms with van der Waals surface area (Å²) in [5.74, 6) is 0. The minimum atomic E-state index is 1.03. The largest absolute Gasteiger partial charge is 0.222 e. The summed E-state index contributed by atoms with van der Waals surface area (Å²) in [6.07, 6.45) is 0. The third-order valence-corrected chi connectivity index (χ3v) is 15.1. The molecule has 0 aliphatic heterocycles. The fourth-order valence-electron chi connectivity index (χ4n) is 4.07. The van der Waals surface area contributed by atoms with E-state index in [1.807, 2.05) is 45.3 Å². The number of rotatable bonds is 6. The van der Waals surface area contributed by atoms with Crippen molar-refractivity contribution in [3.8, 4) is 58.8 Å². The molecule has 0 saturated heterocycles. The van der Waals surface area contributed by atoms with Crippen LogP contribution in [0, 0.1) is 0 Å². The van der Waals surface area contributed by atoms with Crippen LogP contribution in [0.3, 0.4) is 0 Å². The highest BCUT2D eigenvalue weighted by molar-refractivity contribution is 7.33. The molecule has 0 amide bonds. The molecule has 0 saturated carbocycles. The van der Waals surface area contributed by atoms with Crippen LogP contribution in [0.25, 0.3) is 68.4 Å². The third kappa shape index (κ3) is 4.29. The second kappa shape index (κ2) is 9.72. The van der Waals surface area contributed by atoms with E-state index in [2.05, 4.69) is 83.6 Å². The molecule has 0 fully saturated rings. The van der Waals surface area contributed by atoms with Crippen LogP contribution < -0.4 is 0 Å². The molecule has 0 radical (unpaired) electrons. The first-order valence-electron chi connectivity index (χ1n) is 11.5. The number of nitrogens with zero attached hydrogens (tertiary/aromatic N) is 2. The Morgan fingerprint density at radius 1 is 0.342 bits per heavy atom. The van der Waals surface area contributed by atoms with Gasteiger partial charge >= 0.3 is 0 Å². The molecule has 0 aliphatic carbocycles. The summed E-state index contributed by atoms with van der Waals surface area (Å²) in [4.78, 5) is 24.9. The highest BCUT2D eigenvalue weighted by Gasteiger charge is 2.17. The van der Waals surface area contributed by atoms with Crippen molar-refractivity contribution in [3.05, 3.63) is 83.6 Å². The fraction of sp³-hybridized carbons (Fsp3) is 0. The van der Waals surface area contributed by atoms with Crippen molar-refractivity contribution >= 4 is 100 Å². The first-order valence-corrected chi connectivity index (χ1v) is 18.2. The van der Waals surface area contributed by atoms with Crippen LogP contribution >= 0.6 is 90.7 Å². The van der Waals surface area contributed by atoms with Gasteiger partial charge in [-0.05, 0) is 71.4 Å². The number of fused-ring (bicyclic) bond motifs is 1. The highest BCUT2D eigenvalue weighted by Crippen LogP contribution is 2.45. The van der Waals surface area contributed by atoms with Crippen LogP contribution in [0.4, 0.5) is 0 Å². The van der Waals surface area contributed by atoms with Crippen molar-refractivity contribution in [2.75, 3.05) is 0 Å². The summed E-state index contributed by atoms with van der Waals surface area (Å²) in [6, 6.07) is 26.4. The fourth-order valence-corrected chi connectivity index (χ4v) is 12.1. The Kier molecular flexibility index (Phi) is 6.04. The quantitative estimate of drug-likeness (QED) is 0.182. The maximum absolute atomic E-state index is 4.98. The summed E-state index contributed by atoms with van der Waals surface area (Å²) in [7, 11) is 0. The molecule has 8 aromatic rings. The van der Waals surface area contributed by atoms with Crippen LogP contribution in [-0.4, -0.2) is 9.97 Å². The van der Waals surface area contributed by atoms with Gasteiger partial charge in [-0.15, -0.1) is 68.0 Å². The van der Waals surface area contributed by atoms with Gasteiger partial charge in [-0.3, -0.25) is 0 Å². The Morgan fingerprint density at radius 2 is 0.684 bits per heavy atom. The maximum Gasteiger partial charge on any atom is 0.155 e. The lowest BCUT2D eigenvalue weighted by Gasteiger charge is -1.92. The number of thiophene rings is 6. The highest BCUT2D eigenvalue weighted by atomic mass is 32.1. The van der Waals surface area contributed by atoms with E-state index in [9.17, 15) is 0 Å². The lowest BCUT2D eigenvalue weighted by atomic mass is 10.3. The van der Waals surface area contributed by atoms with Crippen LogP contribution in [0.5, 0.6) is 0 Å². The van der Waals surface area contributed by atoms with Crippen molar-refractivity contribution in [2.24, 2.45) is 0 Å². The zero-order chi connectivity index (χ0) is 25.1.